The van der Waals surface area contributed by atoms with Gasteiger partial charge in [-0.15, -0.1) is 0 Å². The first-order chi connectivity index (χ1) is 11.6. The third-order valence-electron chi connectivity index (χ3n) is 4.55. The van der Waals surface area contributed by atoms with E-state index in [9.17, 15) is 9.59 Å². The van der Waals surface area contributed by atoms with Gasteiger partial charge >= 0.3 is 0 Å². The Morgan fingerprint density at radius 3 is 2.58 bits per heavy atom. The topological polar surface area (TPSA) is 58.4 Å². The largest absolute Gasteiger partial charge is 0.331 e. The van der Waals surface area contributed by atoms with Gasteiger partial charge in [0.25, 0.3) is 0 Å². The molecule has 3 rings (SSSR count). The Morgan fingerprint density at radius 2 is 1.92 bits per heavy atom. The first kappa shape index (κ1) is 16.2. The second-order valence-electron chi connectivity index (χ2n) is 6.14. The third kappa shape index (κ3) is 3.32. The van der Waals surface area contributed by atoms with Crippen LogP contribution >= 0.6 is 0 Å². The lowest BCUT2D eigenvalue weighted by atomic mass is 10.1. The van der Waals surface area contributed by atoms with Crippen LogP contribution in [-0.4, -0.2) is 50.5 Å². The van der Waals surface area contributed by atoms with E-state index < -0.39 is 6.04 Å². The van der Waals surface area contributed by atoms with Gasteiger partial charge in [-0.1, -0.05) is 30.3 Å². The van der Waals surface area contributed by atoms with E-state index >= 15 is 0 Å². The van der Waals surface area contributed by atoms with Crippen molar-refractivity contribution in [3.8, 4) is 0 Å². The molecule has 126 valence electrons. The standard InChI is InChI=1S/C18H22N4O2/c1-14-18(24)21(11-9-15-6-4-3-5-7-15)13-17(23)22(14)12-16-8-10-19-20(16)2/h3-8,10,14H,9,11-13H2,1-2H3/t14-/m1/s1. The Morgan fingerprint density at radius 1 is 1.17 bits per heavy atom. The third-order valence-corrected chi connectivity index (χ3v) is 4.55. The van der Waals surface area contributed by atoms with Gasteiger partial charge in [0.2, 0.25) is 11.8 Å². The molecule has 0 saturated carbocycles. The van der Waals surface area contributed by atoms with Gasteiger partial charge in [0, 0.05) is 19.8 Å². The van der Waals surface area contributed by atoms with Gasteiger partial charge in [0.05, 0.1) is 18.8 Å². The SMILES string of the molecule is C[C@@H]1C(=O)N(CCc2ccccc2)CC(=O)N1Cc1ccnn1C. The molecule has 2 amide bonds. The Balaban J connectivity index is 1.64. The number of piperazine rings is 1. The average molecular weight is 326 g/mol. The highest BCUT2D eigenvalue weighted by atomic mass is 16.2. The normalized spacial score (nSPS) is 18.3. The quantitative estimate of drug-likeness (QED) is 0.830. The number of amides is 2. The maximum absolute atomic E-state index is 12.6. The molecule has 6 heteroatoms. The molecule has 24 heavy (non-hydrogen) atoms. The molecule has 1 aromatic carbocycles. The van der Waals surface area contributed by atoms with E-state index in [-0.39, 0.29) is 18.4 Å². The van der Waals surface area contributed by atoms with Crippen molar-refractivity contribution in [1.29, 1.82) is 0 Å². The van der Waals surface area contributed by atoms with Crippen molar-refractivity contribution < 1.29 is 9.59 Å². The lowest BCUT2D eigenvalue weighted by molar-refractivity contribution is -0.155. The maximum Gasteiger partial charge on any atom is 0.245 e. The van der Waals surface area contributed by atoms with Crippen LogP contribution in [-0.2, 0) is 29.6 Å². The fourth-order valence-electron chi connectivity index (χ4n) is 3.00. The highest BCUT2D eigenvalue weighted by molar-refractivity contribution is 5.94. The summed E-state index contributed by atoms with van der Waals surface area (Å²) in [5, 5.41) is 4.11. The number of carbonyl (C=O) groups excluding carboxylic acids is 2. The summed E-state index contributed by atoms with van der Waals surface area (Å²) < 4.78 is 1.73. The average Bonchev–Trinajstić information content (AvgIpc) is 2.99. The number of carbonyl (C=O) groups is 2. The molecule has 2 aromatic rings. The summed E-state index contributed by atoms with van der Waals surface area (Å²) in [7, 11) is 1.84. The lowest BCUT2D eigenvalue weighted by Gasteiger charge is -2.38. The van der Waals surface area contributed by atoms with Crippen LogP contribution in [0.15, 0.2) is 42.6 Å². The van der Waals surface area contributed by atoms with Crippen LogP contribution in [0, 0.1) is 0 Å². The minimum Gasteiger partial charge on any atom is -0.331 e. The van der Waals surface area contributed by atoms with Gasteiger partial charge in [-0.2, -0.15) is 5.10 Å². The smallest absolute Gasteiger partial charge is 0.245 e. The molecule has 0 unspecified atom stereocenters. The number of rotatable bonds is 5. The van der Waals surface area contributed by atoms with Crippen molar-refractivity contribution >= 4 is 11.8 Å². The molecule has 1 fully saturated rings. The van der Waals surface area contributed by atoms with Crippen LogP contribution in [0.25, 0.3) is 0 Å². The first-order valence-corrected chi connectivity index (χ1v) is 8.15. The molecule has 1 aliphatic rings. The molecular weight excluding hydrogens is 304 g/mol. The molecule has 6 nitrogen and oxygen atoms in total. The molecule has 0 N–H and O–H groups in total. The van der Waals surface area contributed by atoms with Crippen LogP contribution in [0.3, 0.4) is 0 Å². The molecule has 0 aliphatic carbocycles. The number of nitrogens with zero attached hydrogens (tertiary/aromatic N) is 4. The molecule has 2 heterocycles. The van der Waals surface area contributed by atoms with E-state index in [2.05, 4.69) is 5.10 Å². The Bertz CT molecular complexity index is 726. The Kier molecular flexibility index (Phi) is 4.64. The second kappa shape index (κ2) is 6.86. The van der Waals surface area contributed by atoms with E-state index in [0.29, 0.717) is 13.1 Å². The summed E-state index contributed by atoms with van der Waals surface area (Å²) in [4.78, 5) is 28.4. The van der Waals surface area contributed by atoms with Crippen molar-refractivity contribution in [1.82, 2.24) is 19.6 Å². The van der Waals surface area contributed by atoms with Gasteiger partial charge in [-0.25, -0.2) is 0 Å². The zero-order valence-corrected chi connectivity index (χ0v) is 14.1. The van der Waals surface area contributed by atoms with E-state index in [1.54, 1.807) is 27.6 Å². The van der Waals surface area contributed by atoms with Crippen molar-refractivity contribution in [3.05, 3.63) is 53.9 Å². The number of aromatic nitrogens is 2. The lowest BCUT2D eigenvalue weighted by Crippen LogP contribution is -2.58. The fourth-order valence-corrected chi connectivity index (χ4v) is 3.00. The molecular formula is C18H22N4O2. The molecule has 1 aromatic heterocycles. The van der Waals surface area contributed by atoms with Crippen LogP contribution < -0.4 is 0 Å². The zero-order chi connectivity index (χ0) is 17.1. The molecule has 0 bridgehead atoms. The van der Waals surface area contributed by atoms with E-state index in [4.69, 9.17) is 0 Å². The van der Waals surface area contributed by atoms with Crippen LogP contribution in [0.1, 0.15) is 18.2 Å². The summed E-state index contributed by atoms with van der Waals surface area (Å²) >= 11 is 0. The maximum atomic E-state index is 12.6. The van der Waals surface area contributed by atoms with E-state index in [1.807, 2.05) is 43.4 Å². The van der Waals surface area contributed by atoms with Crippen molar-refractivity contribution in [3.63, 3.8) is 0 Å². The van der Waals surface area contributed by atoms with Gasteiger partial charge < -0.3 is 9.80 Å². The van der Waals surface area contributed by atoms with E-state index in [1.165, 1.54) is 5.56 Å². The Labute approximate surface area is 141 Å². The van der Waals surface area contributed by atoms with Crippen molar-refractivity contribution in [2.75, 3.05) is 13.1 Å². The number of aryl methyl sites for hydroxylation is 1. The monoisotopic (exact) mass is 326 g/mol. The molecule has 0 radical (unpaired) electrons. The molecule has 1 atom stereocenters. The highest BCUT2D eigenvalue weighted by Gasteiger charge is 2.36. The number of hydrogen-bond donors (Lipinski definition) is 0. The Hall–Kier alpha value is -2.63. The van der Waals surface area contributed by atoms with Crippen LogP contribution in [0.4, 0.5) is 0 Å². The predicted octanol–water partition coefficient (Wildman–Crippen LogP) is 1.22. The molecule has 1 aliphatic heterocycles. The highest BCUT2D eigenvalue weighted by Crippen LogP contribution is 2.16. The van der Waals surface area contributed by atoms with Crippen molar-refractivity contribution in [2.45, 2.75) is 25.9 Å². The summed E-state index contributed by atoms with van der Waals surface area (Å²) in [6.45, 7) is 2.92. The van der Waals surface area contributed by atoms with Gasteiger partial charge in [-0.3, -0.25) is 14.3 Å². The summed E-state index contributed by atoms with van der Waals surface area (Å²) in [6, 6.07) is 11.4. The number of hydrogen-bond acceptors (Lipinski definition) is 3. The summed E-state index contributed by atoms with van der Waals surface area (Å²) in [5.41, 5.74) is 2.09. The first-order valence-electron chi connectivity index (χ1n) is 8.15. The molecule has 1 saturated heterocycles. The second-order valence-corrected chi connectivity index (χ2v) is 6.14. The van der Waals surface area contributed by atoms with Gasteiger partial charge in [-0.05, 0) is 25.0 Å². The van der Waals surface area contributed by atoms with Gasteiger partial charge in [0.1, 0.15) is 6.04 Å². The number of benzene rings is 1. The summed E-state index contributed by atoms with van der Waals surface area (Å²) in [5.74, 6) is -0.0101. The van der Waals surface area contributed by atoms with Crippen LogP contribution in [0.2, 0.25) is 0 Å². The van der Waals surface area contributed by atoms with Gasteiger partial charge in [0.15, 0.2) is 0 Å². The van der Waals surface area contributed by atoms with E-state index in [0.717, 1.165) is 12.1 Å². The minimum atomic E-state index is -0.447. The van der Waals surface area contributed by atoms with Crippen molar-refractivity contribution in [2.24, 2.45) is 7.05 Å². The fraction of sp³-hybridized carbons (Fsp3) is 0.389. The molecule has 0 spiro atoms. The minimum absolute atomic E-state index is 0.00713. The van der Waals surface area contributed by atoms with Crippen LogP contribution in [0.5, 0.6) is 0 Å². The zero-order valence-electron chi connectivity index (χ0n) is 14.1. The summed E-state index contributed by atoms with van der Waals surface area (Å²) in [6.07, 6.45) is 2.46. The predicted molar refractivity (Wildman–Crippen MR) is 89.9 cm³/mol.